The predicted molar refractivity (Wildman–Crippen MR) is 77.3 cm³/mol. The van der Waals surface area contributed by atoms with Crippen molar-refractivity contribution < 1.29 is 27.8 Å². The average Bonchev–Trinajstić information content (AvgIpc) is 2.53. The number of hydrogen-bond acceptors (Lipinski definition) is 3. The summed E-state index contributed by atoms with van der Waals surface area (Å²) in [6.07, 6.45) is -4.45. The van der Waals surface area contributed by atoms with Gasteiger partial charge in [0.2, 0.25) is 5.78 Å². The van der Waals surface area contributed by atoms with E-state index in [0.717, 1.165) is 24.3 Å². The summed E-state index contributed by atoms with van der Waals surface area (Å²) in [6.45, 7) is 0. The summed E-state index contributed by atoms with van der Waals surface area (Å²) in [5.74, 6) is 4.45. The first-order valence-electron chi connectivity index (χ1n) is 6.42. The number of alkyl halides is 3. The molecule has 0 radical (unpaired) electrons. The van der Waals surface area contributed by atoms with Crippen LogP contribution >= 0.6 is 0 Å². The van der Waals surface area contributed by atoms with Crippen molar-refractivity contribution in [2.24, 2.45) is 0 Å². The number of aromatic hydroxyl groups is 1. The first kappa shape index (κ1) is 16.4. The van der Waals surface area contributed by atoms with Crippen molar-refractivity contribution in [3.8, 4) is 23.3 Å². The fourth-order valence-electron chi connectivity index (χ4n) is 1.77. The number of rotatable bonds is 2. The zero-order valence-corrected chi connectivity index (χ0v) is 11.9. The number of benzene rings is 2. The van der Waals surface area contributed by atoms with E-state index in [1.54, 1.807) is 0 Å². The SMILES string of the molecule is COc1cc(C#CC(=O)c2ccc(C(F)(F)F)cc2)ccc1O. The minimum absolute atomic E-state index is 0.0629. The van der Waals surface area contributed by atoms with Gasteiger partial charge in [-0.2, -0.15) is 13.2 Å². The Kier molecular flexibility index (Phi) is 4.60. The van der Waals surface area contributed by atoms with Gasteiger partial charge in [-0.3, -0.25) is 4.79 Å². The number of phenols is 1. The lowest BCUT2D eigenvalue weighted by Gasteiger charge is -2.05. The van der Waals surface area contributed by atoms with Crippen LogP contribution in [0.2, 0.25) is 0 Å². The molecule has 0 amide bonds. The summed E-state index contributed by atoms with van der Waals surface area (Å²) in [6, 6.07) is 8.13. The van der Waals surface area contributed by atoms with E-state index < -0.39 is 17.5 Å². The molecular weight excluding hydrogens is 309 g/mol. The molecule has 2 rings (SSSR count). The maximum Gasteiger partial charge on any atom is 0.416 e. The molecule has 3 nitrogen and oxygen atoms in total. The quantitative estimate of drug-likeness (QED) is 0.678. The van der Waals surface area contributed by atoms with Gasteiger partial charge in [0, 0.05) is 11.1 Å². The normalized spacial score (nSPS) is 10.6. The molecule has 0 aliphatic heterocycles. The van der Waals surface area contributed by atoms with E-state index in [1.165, 1.54) is 25.3 Å². The van der Waals surface area contributed by atoms with Gasteiger partial charge in [-0.15, -0.1) is 0 Å². The standard InChI is InChI=1S/C17H11F3O3/c1-23-16-10-11(3-9-15(16)22)2-8-14(21)12-4-6-13(7-5-12)17(18,19)20/h3-7,9-10,22H,1H3. The summed E-state index contributed by atoms with van der Waals surface area (Å²) in [7, 11) is 1.37. The number of Topliss-reactive ketones (excluding diaryl/α,β-unsaturated/α-hetero) is 1. The number of hydrogen-bond donors (Lipinski definition) is 1. The predicted octanol–water partition coefficient (Wildman–Crippen LogP) is 3.65. The first-order valence-corrected chi connectivity index (χ1v) is 6.42. The minimum atomic E-state index is -4.45. The summed E-state index contributed by atoms with van der Waals surface area (Å²) < 4.78 is 42.3. The number of halogens is 3. The molecule has 23 heavy (non-hydrogen) atoms. The van der Waals surface area contributed by atoms with E-state index in [0.29, 0.717) is 5.56 Å². The molecule has 2 aromatic carbocycles. The molecule has 0 heterocycles. The van der Waals surface area contributed by atoms with Gasteiger partial charge in [-0.25, -0.2) is 0 Å². The Morgan fingerprint density at radius 3 is 2.35 bits per heavy atom. The molecule has 0 fully saturated rings. The molecule has 0 saturated heterocycles. The van der Waals surface area contributed by atoms with Crippen molar-refractivity contribution >= 4 is 5.78 Å². The maximum absolute atomic E-state index is 12.4. The van der Waals surface area contributed by atoms with Gasteiger partial charge >= 0.3 is 6.18 Å². The van der Waals surface area contributed by atoms with E-state index in [-0.39, 0.29) is 17.1 Å². The zero-order valence-electron chi connectivity index (χ0n) is 11.9. The van der Waals surface area contributed by atoms with E-state index in [2.05, 4.69) is 11.8 Å². The molecule has 0 aliphatic carbocycles. The van der Waals surface area contributed by atoms with Gasteiger partial charge in [-0.05, 0) is 48.4 Å². The molecular formula is C17H11F3O3. The van der Waals surface area contributed by atoms with Gasteiger partial charge in [0.05, 0.1) is 12.7 Å². The largest absolute Gasteiger partial charge is 0.504 e. The minimum Gasteiger partial charge on any atom is -0.504 e. The molecule has 2 aromatic rings. The Morgan fingerprint density at radius 1 is 1.13 bits per heavy atom. The molecule has 0 bridgehead atoms. The molecule has 0 saturated carbocycles. The number of carbonyl (C=O) groups excluding carboxylic acids is 1. The lowest BCUT2D eigenvalue weighted by molar-refractivity contribution is -0.137. The number of phenolic OH excluding ortho intramolecular Hbond substituents is 1. The van der Waals surface area contributed by atoms with Crippen molar-refractivity contribution in [1.82, 2.24) is 0 Å². The smallest absolute Gasteiger partial charge is 0.416 e. The van der Waals surface area contributed by atoms with Crippen molar-refractivity contribution in [2.45, 2.75) is 6.18 Å². The fourth-order valence-corrected chi connectivity index (χ4v) is 1.77. The van der Waals surface area contributed by atoms with Crippen LogP contribution in [0.5, 0.6) is 11.5 Å². The second-order valence-electron chi connectivity index (χ2n) is 4.54. The molecule has 118 valence electrons. The fraction of sp³-hybridized carbons (Fsp3) is 0.118. The number of methoxy groups -OCH3 is 1. The van der Waals surface area contributed by atoms with Gasteiger partial charge in [0.1, 0.15) is 0 Å². The van der Waals surface area contributed by atoms with Gasteiger partial charge in [-0.1, -0.05) is 5.92 Å². The number of carbonyl (C=O) groups is 1. The summed E-state index contributed by atoms with van der Waals surface area (Å²) in [4.78, 5) is 11.9. The van der Waals surface area contributed by atoms with Crippen molar-refractivity contribution in [2.75, 3.05) is 7.11 Å². The van der Waals surface area contributed by atoms with Crippen LogP contribution in [0, 0.1) is 11.8 Å². The van der Waals surface area contributed by atoms with E-state index in [9.17, 15) is 23.1 Å². The van der Waals surface area contributed by atoms with Crippen LogP contribution in [0.3, 0.4) is 0 Å². The molecule has 0 aromatic heterocycles. The molecule has 0 spiro atoms. The summed E-state index contributed by atoms with van der Waals surface area (Å²) in [5, 5.41) is 9.45. The highest BCUT2D eigenvalue weighted by atomic mass is 19.4. The number of ether oxygens (including phenoxy) is 1. The summed E-state index contributed by atoms with van der Waals surface area (Å²) in [5.41, 5.74) is -0.332. The Morgan fingerprint density at radius 2 is 1.78 bits per heavy atom. The van der Waals surface area contributed by atoms with Gasteiger partial charge in [0.25, 0.3) is 0 Å². The highest BCUT2D eigenvalue weighted by Gasteiger charge is 2.30. The first-order chi connectivity index (χ1) is 10.8. The monoisotopic (exact) mass is 320 g/mol. The highest BCUT2D eigenvalue weighted by Crippen LogP contribution is 2.29. The van der Waals surface area contributed by atoms with E-state index >= 15 is 0 Å². The van der Waals surface area contributed by atoms with Crippen LogP contribution in [0.4, 0.5) is 13.2 Å². The molecule has 0 aliphatic rings. The Labute approximate surface area is 130 Å². The third-order valence-corrected chi connectivity index (χ3v) is 2.97. The molecule has 6 heteroatoms. The second-order valence-corrected chi connectivity index (χ2v) is 4.54. The van der Waals surface area contributed by atoms with Crippen LogP contribution in [0.15, 0.2) is 42.5 Å². The number of ketones is 1. The Bertz CT molecular complexity index is 781. The Hall–Kier alpha value is -2.94. The topological polar surface area (TPSA) is 46.5 Å². The lowest BCUT2D eigenvalue weighted by atomic mass is 10.1. The molecule has 0 atom stereocenters. The molecule has 0 unspecified atom stereocenters. The third kappa shape index (κ3) is 4.04. The van der Waals surface area contributed by atoms with Crippen LogP contribution in [-0.2, 0) is 6.18 Å². The zero-order chi connectivity index (χ0) is 17.0. The van der Waals surface area contributed by atoms with Crippen LogP contribution in [0.1, 0.15) is 21.5 Å². The average molecular weight is 320 g/mol. The van der Waals surface area contributed by atoms with E-state index in [1.807, 2.05) is 0 Å². The Balaban J connectivity index is 2.20. The lowest BCUT2D eigenvalue weighted by Crippen LogP contribution is -2.05. The van der Waals surface area contributed by atoms with Gasteiger partial charge in [0.15, 0.2) is 11.5 Å². The highest BCUT2D eigenvalue weighted by molar-refractivity contribution is 6.09. The maximum atomic E-state index is 12.4. The van der Waals surface area contributed by atoms with Crippen molar-refractivity contribution in [3.05, 3.63) is 59.2 Å². The second kappa shape index (κ2) is 6.44. The van der Waals surface area contributed by atoms with Crippen molar-refractivity contribution in [1.29, 1.82) is 0 Å². The van der Waals surface area contributed by atoms with E-state index in [4.69, 9.17) is 4.74 Å². The van der Waals surface area contributed by atoms with Crippen molar-refractivity contribution in [3.63, 3.8) is 0 Å². The van der Waals surface area contributed by atoms with Crippen LogP contribution < -0.4 is 4.74 Å². The third-order valence-electron chi connectivity index (χ3n) is 2.97. The summed E-state index contributed by atoms with van der Waals surface area (Å²) >= 11 is 0. The van der Waals surface area contributed by atoms with Crippen LogP contribution in [0.25, 0.3) is 0 Å². The van der Waals surface area contributed by atoms with Crippen LogP contribution in [-0.4, -0.2) is 18.0 Å². The molecule has 1 N–H and O–H groups in total. The van der Waals surface area contributed by atoms with Gasteiger partial charge < -0.3 is 9.84 Å².